The van der Waals surface area contributed by atoms with E-state index in [0.29, 0.717) is 11.4 Å². The number of carbonyl (C=O) groups is 1. The molecule has 33 heavy (non-hydrogen) atoms. The van der Waals surface area contributed by atoms with Crippen LogP contribution in [0.25, 0.3) is 0 Å². The molecule has 0 fully saturated rings. The highest BCUT2D eigenvalue weighted by Crippen LogP contribution is 2.28. The molecule has 0 aliphatic heterocycles. The largest absolute Gasteiger partial charge is 0.272 e. The molecular weight excluding hydrogens is 505 g/mol. The number of hydrogen-bond acceptors (Lipinski definition) is 4. The van der Waals surface area contributed by atoms with Gasteiger partial charge in [-0.05, 0) is 47.9 Å². The standard InChI is InChI=1S/C23H20Cl3N3O3S/c24-19-8-6-18(7-9-19)15-27-28-23(30)16-29(13-12-17-4-2-1-3-5-17)33(31,32)22-14-20(25)10-11-21(22)26/h1-11,14-15H,12-13,16H2,(H,28,30)/b27-15-. The molecule has 3 aromatic carbocycles. The van der Waals surface area contributed by atoms with Crippen LogP contribution in [0.5, 0.6) is 0 Å². The van der Waals surface area contributed by atoms with E-state index < -0.39 is 22.5 Å². The van der Waals surface area contributed by atoms with Crippen LogP contribution in [0.15, 0.2) is 82.8 Å². The molecule has 0 unspecified atom stereocenters. The lowest BCUT2D eigenvalue weighted by molar-refractivity contribution is -0.121. The first-order valence-corrected chi connectivity index (χ1v) is 12.4. The van der Waals surface area contributed by atoms with Crippen molar-refractivity contribution in [3.63, 3.8) is 0 Å². The summed E-state index contributed by atoms with van der Waals surface area (Å²) in [5.74, 6) is -0.602. The van der Waals surface area contributed by atoms with Crippen molar-refractivity contribution in [1.82, 2.24) is 9.73 Å². The van der Waals surface area contributed by atoms with Crippen molar-refractivity contribution in [2.24, 2.45) is 5.10 Å². The number of carbonyl (C=O) groups excluding carboxylic acids is 1. The molecule has 0 saturated carbocycles. The molecule has 0 heterocycles. The van der Waals surface area contributed by atoms with Crippen LogP contribution in [0.2, 0.25) is 15.1 Å². The predicted octanol–water partition coefficient (Wildman–Crippen LogP) is 5.03. The van der Waals surface area contributed by atoms with E-state index in [1.165, 1.54) is 24.4 Å². The molecule has 0 bridgehead atoms. The molecule has 3 aromatic rings. The maximum atomic E-state index is 13.3. The molecule has 0 aliphatic carbocycles. The van der Waals surface area contributed by atoms with Gasteiger partial charge in [-0.3, -0.25) is 4.79 Å². The second-order valence-electron chi connectivity index (χ2n) is 6.99. The monoisotopic (exact) mass is 523 g/mol. The SMILES string of the molecule is O=C(CN(CCc1ccccc1)S(=O)(=O)c1cc(Cl)ccc1Cl)N/N=C\c1ccc(Cl)cc1. The van der Waals surface area contributed by atoms with E-state index >= 15 is 0 Å². The zero-order chi connectivity index (χ0) is 23.8. The highest BCUT2D eigenvalue weighted by molar-refractivity contribution is 7.89. The Morgan fingerprint density at radius 3 is 2.30 bits per heavy atom. The first kappa shape index (κ1) is 25.2. The molecule has 1 amide bonds. The topological polar surface area (TPSA) is 78.8 Å². The third-order valence-electron chi connectivity index (χ3n) is 4.60. The number of halogens is 3. The molecule has 172 valence electrons. The zero-order valence-electron chi connectivity index (χ0n) is 17.3. The van der Waals surface area contributed by atoms with E-state index in [0.717, 1.165) is 15.4 Å². The van der Waals surface area contributed by atoms with Crippen LogP contribution in [-0.2, 0) is 21.2 Å². The van der Waals surface area contributed by atoms with Gasteiger partial charge < -0.3 is 0 Å². The van der Waals surface area contributed by atoms with Crippen molar-refractivity contribution in [3.05, 3.63) is 99.0 Å². The van der Waals surface area contributed by atoms with Gasteiger partial charge in [0.25, 0.3) is 5.91 Å². The number of benzene rings is 3. The fourth-order valence-corrected chi connectivity index (χ4v) is 5.18. The van der Waals surface area contributed by atoms with Crippen LogP contribution in [-0.4, -0.2) is 37.9 Å². The Bertz CT molecular complexity index is 1230. The van der Waals surface area contributed by atoms with E-state index in [9.17, 15) is 13.2 Å². The lowest BCUT2D eigenvalue weighted by atomic mass is 10.1. The normalized spacial score (nSPS) is 11.8. The van der Waals surface area contributed by atoms with E-state index in [1.54, 1.807) is 24.3 Å². The van der Waals surface area contributed by atoms with Crippen molar-refractivity contribution in [2.45, 2.75) is 11.3 Å². The summed E-state index contributed by atoms with van der Waals surface area (Å²) in [6.07, 6.45) is 1.84. The van der Waals surface area contributed by atoms with Crippen molar-refractivity contribution >= 4 is 56.9 Å². The van der Waals surface area contributed by atoms with Crippen LogP contribution in [0.4, 0.5) is 0 Å². The lowest BCUT2D eigenvalue weighted by Gasteiger charge is -2.22. The molecule has 1 N–H and O–H groups in total. The Balaban J connectivity index is 1.78. The maximum Gasteiger partial charge on any atom is 0.255 e. The Labute approximate surface area is 207 Å². The highest BCUT2D eigenvalue weighted by Gasteiger charge is 2.28. The first-order chi connectivity index (χ1) is 15.8. The lowest BCUT2D eigenvalue weighted by Crippen LogP contribution is -2.40. The van der Waals surface area contributed by atoms with Crippen molar-refractivity contribution in [3.8, 4) is 0 Å². The molecule has 6 nitrogen and oxygen atoms in total. The van der Waals surface area contributed by atoms with Crippen LogP contribution in [0.3, 0.4) is 0 Å². The third-order valence-corrected chi connectivity index (χ3v) is 7.41. The number of sulfonamides is 1. The number of nitrogens with one attached hydrogen (secondary N) is 1. The Morgan fingerprint density at radius 1 is 0.939 bits per heavy atom. The van der Waals surface area contributed by atoms with Gasteiger partial charge in [0, 0.05) is 16.6 Å². The maximum absolute atomic E-state index is 13.3. The van der Waals surface area contributed by atoms with Gasteiger partial charge in [-0.2, -0.15) is 9.41 Å². The van der Waals surface area contributed by atoms with Crippen molar-refractivity contribution in [2.75, 3.05) is 13.1 Å². The molecule has 0 atom stereocenters. The van der Waals surface area contributed by atoms with Gasteiger partial charge in [-0.1, -0.05) is 77.3 Å². The Morgan fingerprint density at radius 2 is 1.61 bits per heavy atom. The minimum atomic E-state index is -4.11. The van der Waals surface area contributed by atoms with E-state index in [2.05, 4.69) is 10.5 Å². The van der Waals surface area contributed by atoms with Crippen molar-refractivity contribution in [1.29, 1.82) is 0 Å². The van der Waals surface area contributed by atoms with Gasteiger partial charge in [-0.15, -0.1) is 0 Å². The quantitative estimate of drug-likeness (QED) is 0.315. The summed E-state index contributed by atoms with van der Waals surface area (Å²) in [4.78, 5) is 12.4. The average Bonchev–Trinajstić information content (AvgIpc) is 2.80. The molecule has 3 rings (SSSR count). The number of hydrazone groups is 1. The average molecular weight is 525 g/mol. The minimum Gasteiger partial charge on any atom is -0.272 e. The van der Waals surface area contributed by atoms with Crippen LogP contribution < -0.4 is 5.43 Å². The van der Waals surface area contributed by atoms with Gasteiger partial charge in [0.05, 0.1) is 17.8 Å². The molecular formula is C23H20Cl3N3O3S. The summed E-state index contributed by atoms with van der Waals surface area (Å²) < 4.78 is 27.7. The number of amides is 1. The second-order valence-corrected chi connectivity index (χ2v) is 10.2. The van der Waals surface area contributed by atoms with Gasteiger partial charge in [0.2, 0.25) is 10.0 Å². The number of rotatable bonds is 9. The third kappa shape index (κ3) is 7.28. The fraction of sp³-hybridized carbons (Fsp3) is 0.130. The molecule has 0 aromatic heterocycles. The molecule has 0 saturated heterocycles. The zero-order valence-corrected chi connectivity index (χ0v) is 20.4. The van der Waals surface area contributed by atoms with Gasteiger partial charge in [-0.25, -0.2) is 13.8 Å². The van der Waals surface area contributed by atoms with Gasteiger partial charge in [0.1, 0.15) is 4.90 Å². The summed E-state index contributed by atoms with van der Waals surface area (Å²) in [5.41, 5.74) is 4.00. The van der Waals surface area contributed by atoms with Crippen LogP contribution >= 0.6 is 34.8 Å². The Hall–Kier alpha value is -2.42. The van der Waals surface area contributed by atoms with E-state index in [4.69, 9.17) is 34.8 Å². The summed E-state index contributed by atoms with van der Waals surface area (Å²) in [6.45, 7) is -0.389. The summed E-state index contributed by atoms with van der Waals surface area (Å²) in [6, 6.07) is 20.4. The molecule has 10 heteroatoms. The van der Waals surface area contributed by atoms with E-state index in [-0.39, 0.29) is 21.5 Å². The van der Waals surface area contributed by atoms with Crippen LogP contribution in [0.1, 0.15) is 11.1 Å². The molecule has 0 radical (unpaired) electrons. The van der Waals surface area contributed by atoms with Gasteiger partial charge >= 0.3 is 0 Å². The summed E-state index contributed by atoms with van der Waals surface area (Å²) in [5, 5.41) is 4.71. The van der Waals surface area contributed by atoms with Crippen LogP contribution in [0, 0.1) is 0 Å². The minimum absolute atomic E-state index is 0.0188. The molecule has 0 spiro atoms. The second kappa shape index (κ2) is 11.6. The smallest absolute Gasteiger partial charge is 0.255 e. The number of nitrogens with zero attached hydrogens (tertiary/aromatic N) is 2. The summed E-state index contributed by atoms with van der Waals surface area (Å²) >= 11 is 18.0. The number of hydrogen-bond donors (Lipinski definition) is 1. The predicted molar refractivity (Wildman–Crippen MR) is 133 cm³/mol. The summed E-state index contributed by atoms with van der Waals surface area (Å²) in [7, 11) is -4.11. The van der Waals surface area contributed by atoms with Crippen molar-refractivity contribution < 1.29 is 13.2 Å². The van der Waals surface area contributed by atoms with E-state index in [1.807, 2.05) is 30.3 Å². The van der Waals surface area contributed by atoms with Gasteiger partial charge in [0.15, 0.2) is 0 Å². The Kier molecular flexibility index (Phi) is 8.88. The first-order valence-electron chi connectivity index (χ1n) is 9.82. The highest BCUT2D eigenvalue weighted by atomic mass is 35.5. The molecule has 0 aliphatic rings. The fourth-order valence-electron chi connectivity index (χ4n) is 2.92.